The maximum absolute atomic E-state index is 11.9. The lowest BCUT2D eigenvalue weighted by Crippen LogP contribution is -2.34. The van der Waals surface area contributed by atoms with Gasteiger partial charge in [0.05, 0.1) is 0 Å². The van der Waals surface area contributed by atoms with Gasteiger partial charge in [-0.05, 0) is 31.4 Å². The van der Waals surface area contributed by atoms with Crippen molar-refractivity contribution < 1.29 is 4.79 Å². The third-order valence-electron chi connectivity index (χ3n) is 3.95. The first kappa shape index (κ1) is 20.7. The van der Waals surface area contributed by atoms with E-state index in [9.17, 15) is 4.79 Å². The van der Waals surface area contributed by atoms with Gasteiger partial charge < -0.3 is 16.0 Å². The van der Waals surface area contributed by atoms with E-state index in [0.717, 1.165) is 57.4 Å². The Hall–Kier alpha value is -1.38. The second kappa shape index (κ2) is 12.0. The SMILES string of the molecule is I.NC(=NCCCN1CCCCCC1=O)NCCc1ccccn1. The highest BCUT2D eigenvalue weighted by molar-refractivity contribution is 14.0. The van der Waals surface area contributed by atoms with Crippen molar-refractivity contribution in [2.24, 2.45) is 10.7 Å². The van der Waals surface area contributed by atoms with E-state index in [1.165, 1.54) is 0 Å². The minimum absolute atomic E-state index is 0. The molecule has 2 heterocycles. The molecule has 1 saturated heterocycles. The molecule has 0 aliphatic carbocycles. The number of amides is 1. The van der Waals surface area contributed by atoms with Crippen molar-refractivity contribution in [1.82, 2.24) is 15.2 Å². The van der Waals surface area contributed by atoms with Crippen molar-refractivity contribution in [1.29, 1.82) is 0 Å². The van der Waals surface area contributed by atoms with Crippen LogP contribution in [-0.4, -0.2) is 47.9 Å². The Labute approximate surface area is 161 Å². The number of aromatic nitrogens is 1. The van der Waals surface area contributed by atoms with Gasteiger partial charge in [0.2, 0.25) is 5.91 Å². The number of guanidine groups is 1. The van der Waals surface area contributed by atoms with E-state index in [1.54, 1.807) is 6.20 Å². The van der Waals surface area contributed by atoms with Crippen LogP contribution in [0, 0.1) is 0 Å². The van der Waals surface area contributed by atoms with Crippen LogP contribution < -0.4 is 11.1 Å². The average molecular weight is 445 g/mol. The van der Waals surface area contributed by atoms with Crippen LogP contribution >= 0.6 is 24.0 Å². The predicted octanol–water partition coefficient (Wildman–Crippen LogP) is 1.94. The highest BCUT2D eigenvalue weighted by atomic mass is 127. The lowest BCUT2D eigenvalue weighted by molar-refractivity contribution is -0.130. The summed E-state index contributed by atoms with van der Waals surface area (Å²) in [5.41, 5.74) is 6.88. The molecule has 0 atom stereocenters. The minimum atomic E-state index is 0. The quantitative estimate of drug-likeness (QED) is 0.291. The summed E-state index contributed by atoms with van der Waals surface area (Å²) < 4.78 is 0. The van der Waals surface area contributed by atoms with E-state index >= 15 is 0 Å². The summed E-state index contributed by atoms with van der Waals surface area (Å²) in [4.78, 5) is 22.4. The Balaban J connectivity index is 0.00000288. The molecule has 6 nitrogen and oxygen atoms in total. The molecule has 1 aliphatic rings. The Morgan fingerprint density at radius 2 is 2.21 bits per heavy atom. The van der Waals surface area contributed by atoms with Crippen LogP contribution in [-0.2, 0) is 11.2 Å². The smallest absolute Gasteiger partial charge is 0.222 e. The summed E-state index contributed by atoms with van der Waals surface area (Å²) in [6.07, 6.45) is 7.46. The zero-order valence-corrected chi connectivity index (χ0v) is 16.4. The van der Waals surface area contributed by atoms with Crippen LogP contribution in [0.4, 0.5) is 0 Å². The van der Waals surface area contributed by atoms with E-state index < -0.39 is 0 Å². The van der Waals surface area contributed by atoms with Crippen LogP contribution in [0.1, 0.15) is 37.8 Å². The van der Waals surface area contributed by atoms with Gasteiger partial charge in [0.25, 0.3) is 0 Å². The molecule has 0 aromatic carbocycles. The number of hydrogen-bond donors (Lipinski definition) is 2. The molecule has 0 saturated carbocycles. The topological polar surface area (TPSA) is 83.6 Å². The zero-order valence-electron chi connectivity index (χ0n) is 14.1. The van der Waals surface area contributed by atoms with E-state index in [1.807, 2.05) is 23.1 Å². The van der Waals surface area contributed by atoms with Gasteiger partial charge in [0, 0.05) is 50.9 Å². The second-order valence-corrected chi connectivity index (χ2v) is 5.81. The lowest BCUT2D eigenvalue weighted by Gasteiger charge is -2.19. The Bertz CT molecular complexity index is 509. The molecular formula is C17H28IN5O. The summed E-state index contributed by atoms with van der Waals surface area (Å²) in [7, 11) is 0. The average Bonchev–Trinajstić information content (AvgIpc) is 2.77. The monoisotopic (exact) mass is 445 g/mol. The molecule has 1 fully saturated rings. The first-order valence-electron chi connectivity index (χ1n) is 8.47. The molecule has 1 aromatic rings. The number of likely N-dealkylation sites (tertiary alicyclic amines) is 1. The molecule has 0 radical (unpaired) electrons. The number of nitrogens with zero attached hydrogens (tertiary/aromatic N) is 3. The fraction of sp³-hybridized carbons (Fsp3) is 0.588. The van der Waals surface area contributed by atoms with Gasteiger partial charge in [-0.3, -0.25) is 14.8 Å². The third-order valence-corrected chi connectivity index (χ3v) is 3.95. The molecule has 0 bridgehead atoms. The van der Waals surface area contributed by atoms with Crippen LogP contribution in [0.15, 0.2) is 29.4 Å². The van der Waals surface area contributed by atoms with Gasteiger partial charge in [0.1, 0.15) is 0 Å². The molecule has 1 aromatic heterocycles. The normalized spacial score (nSPS) is 15.6. The van der Waals surface area contributed by atoms with Crippen molar-refractivity contribution in [3.05, 3.63) is 30.1 Å². The van der Waals surface area contributed by atoms with Gasteiger partial charge in [-0.1, -0.05) is 12.5 Å². The van der Waals surface area contributed by atoms with Crippen LogP contribution in [0.25, 0.3) is 0 Å². The number of aliphatic imine (C=N–C) groups is 1. The number of carbonyl (C=O) groups is 1. The van der Waals surface area contributed by atoms with Gasteiger partial charge in [-0.25, -0.2) is 0 Å². The van der Waals surface area contributed by atoms with Gasteiger partial charge in [-0.2, -0.15) is 0 Å². The molecule has 3 N–H and O–H groups in total. The molecule has 0 unspecified atom stereocenters. The van der Waals surface area contributed by atoms with Gasteiger partial charge in [0.15, 0.2) is 5.96 Å². The number of rotatable bonds is 7. The zero-order chi connectivity index (χ0) is 16.3. The van der Waals surface area contributed by atoms with E-state index in [0.29, 0.717) is 18.9 Å². The second-order valence-electron chi connectivity index (χ2n) is 5.81. The Morgan fingerprint density at radius 1 is 1.33 bits per heavy atom. The van der Waals surface area contributed by atoms with E-state index in [4.69, 9.17) is 5.73 Å². The van der Waals surface area contributed by atoms with Crippen LogP contribution in [0.3, 0.4) is 0 Å². The van der Waals surface area contributed by atoms with Crippen molar-refractivity contribution in [2.45, 2.75) is 38.5 Å². The van der Waals surface area contributed by atoms with Crippen molar-refractivity contribution in [3.8, 4) is 0 Å². The summed E-state index contributed by atoms with van der Waals surface area (Å²) >= 11 is 0. The summed E-state index contributed by atoms with van der Waals surface area (Å²) in [5.74, 6) is 0.746. The van der Waals surface area contributed by atoms with Crippen molar-refractivity contribution >= 4 is 35.8 Å². The van der Waals surface area contributed by atoms with E-state index in [-0.39, 0.29) is 29.9 Å². The fourth-order valence-electron chi connectivity index (χ4n) is 2.66. The van der Waals surface area contributed by atoms with Crippen molar-refractivity contribution in [3.63, 3.8) is 0 Å². The lowest BCUT2D eigenvalue weighted by atomic mass is 10.2. The highest BCUT2D eigenvalue weighted by Gasteiger charge is 2.15. The maximum Gasteiger partial charge on any atom is 0.222 e. The summed E-state index contributed by atoms with van der Waals surface area (Å²) in [6.45, 7) is 3.03. The molecule has 134 valence electrons. The van der Waals surface area contributed by atoms with Crippen LogP contribution in [0.5, 0.6) is 0 Å². The molecule has 1 aliphatic heterocycles. The van der Waals surface area contributed by atoms with E-state index in [2.05, 4.69) is 15.3 Å². The first-order valence-corrected chi connectivity index (χ1v) is 8.47. The highest BCUT2D eigenvalue weighted by Crippen LogP contribution is 2.11. The third kappa shape index (κ3) is 7.94. The minimum Gasteiger partial charge on any atom is -0.370 e. The molecule has 0 spiro atoms. The number of nitrogens with two attached hydrogens (primary N) is 1. The molecule has 24 heavy (non-hydrogen) atoms. The largest absolute Gasteiger partial charge is 0.370 e. The summed E-state index contributed by atoms with van der Waals surface area (Å²) in [6, 6.07) is 5.87. The number of nitrogens with one attached hydrogen (secondary N) is 1. The number of pyridine rings is 1. The number of carbonyl (C=O) groups excluding carboxylic acids is 1. The van der Waals surface area contributed by atoms with Crippen molar-refractivity contribution in [2.75, 3.05) is 26.2 Å². The Kier molecular flexibility index (Phi) is 10.4. The standard InChI is InChI=1S/C17H27N5O.HI/c18-17(21-12-9-15-7-3-4-10-19-15)20-11-6-14-22-13-5-1-2-8-16(22)23;/h3-4,7,10H,1-2,5-6,8-9,11-14H2,(H3,18,20,21);1H. The maximum atomic E-state index is 11.9. The molecule has 1 amide bonds. The predicted molar refractivity (Wildman–Crippen MR) is 108 cm³/mol. The van der Waals surface area contributed by atoms with Gasteiger partial charge >= 0.3 is 0 Å². The van der Waals surface area contributed by atoms with Crippen LogP contribution in [0.2, 0.25) is 0 Å². The van der Waals surface area contributed by atoms with Gasteiger partial charge in [-0.15, -0.1) is 24.0 Å². The first-order chi connectivity index (χ1) is 11.3. The summed E-state index contributed by atoms with van der Waals surface area (Å²) in [5, 5.41) is 3.10. The molecule has 7 heteroatoms. The fourth-order valence-corrected chi connectivity index (χ4v) is 2.66. The number of hydrogen-bond acceptors (Lipinski definition) is 3. The number of halogens is 1. The Morgan fingerprint density at radius 3 is 3.00 bits per heavy atom. The molecule has 2 rings (SSSR count). The molecular weight excluding hydrogens is 417 g/mol.